The summed E-state index contributed by atoms with van der Waals surface area (Å²) in [6, 6.07) is 0. The van der Waals surface area contributed by atoms with Crippen molar-refractivity contribution in [3.05, 3.63) is 30.6 Å². The zero-order chi connectivity index (χ0) is 8.10. The fourth-order valence-electron chi connectivity index (χ4n) is 0.772. The van der Waals surface area contributed by atoms with E-state index in [-0.39, 0.29) is 0 Å². The van der Waals surface area contributed by atoms with Crippen molar-refractivity contribution in [3.63, 3.8) is 0 Å². The van der Waals surface area contributed by atoms with Gasteiger partial charge in [0.2, 0.25) is 0 Å². The van der Waals surface area contributed by atoms with Crippen molar-refractivity contribution < 1.29 is 4.42 Å². The van der Waals surface area contributed by atoms with Crippen molar-refractivity contribution in [1.29, 1.82) is 0 Å². The van der Waals surface area contributed by atoms with E-state index in [2.05, 4.69) is 16.6 Å². The van der Waals surface area contributed by atoms with Crippen molar-refractivity contribution >= 4 is 6.21 Å². The molecule has 3 nitrogen and oxygen atoms in total. The Labute approximate surface area is 65.5 Å². The minimum atomic E-state index is 0.785. The molecule has 0 saturated carbocycles. The first kappa shape index (κ1) is 7.72. The molecule has 3 heteroatoms. The Hall–Kier alpha value is -1.38. The molecule has 0 bridgehead atoms. The second-order valence-corrected chi connectivity index (χ2v) is 1.98. The SMILES string of the molecule is C=CN=Cc1ncoc1CC. The van der Waals surface area contributed by atoms with Gasteiger partial charge in [0.25, 0.3) is 0 Å². The van der Waals surface area contributed by atoms with Gasteiger partial charge in [0.05, 0.1) is 6.21 Å². The van der Waals surface area contributed by atoms with Crippen LogP contribution in [0.1, 0.15) is 18.4 Å². The molecular weight excluding hydrogens is 140 g/mol. The van der Waals surface area contributed by atoms with Crippen molar-refractivity contribution in [2.45, 2.75) is 13.3 Å². The Bertz CT molecular complexity index is 263. The molecule has 11 heavy (non-hydrogen) atoms. The van der Waals surface area contributed by atoms with Gasteiger partial charge in [-0.05, 0) is 0 Å². The Morgan fingerprint density at radius 2 is 2.64 bits per heavy atom. The molecule has 0 unspecified atom stereocenters. The molecule has 0 aliphatic rings. The monoisotopic (exact) mass is 150 g/mol. The highest BCUT2D eigenvalue weighted by atomic mass is 16.3. The second-order valence-electron chi connectivity index (χ2n) is 1.98. The normalized spacial score (nSPS) is 10.6. The van der Waals surface area contributed by atoms with Gasteiger partial charge in [0.15, 0.2) is 6.39 Å². The molecule has 0 aliphatic carbocycles. The van der Waals surface area contributed by atoms with Gasteiger partial charge >= 0.3 is 0 Å². The Balaban J connectivity index is 2.84. The lowest BCUT2D eigenvalue weighted by Gasteiger charge is -1.86. The number of aryl methyl sites for hydroxylation is 1. The molecule has 0 N–H and O–H groups in total. The predicted octanol–water partition coefficient (Wildman–Crippen LogP) is 1.80. The number of rotatable bonds is 3. The Kier molecular flexibility index (Phi) is 2.60. The van der Waals surface area contributed by atoms with Gasteiger partial charge < -0.3 is 4.42 Å². The molecule has 1 aromatic rings. The van der Waals surface area contributed by atoms with Gasteiger partial charge in [-0.15, -0.1) is 0 Å². The zero-order valence-corrected chi connectivity index (χ0v) is 6.45. The minimum absolute atomic E-state index is 0.785. The summed E-state index contributed by atoms with van der Waals surface area (Å²) >= 11 is 0. The summed E-state index contributed by atoms with van der Waals surface area (Å²) in [4.78, 5) is 7.80. The van der Waals surface area contributed by atoms with Crippen LogP contribution in [0.25, 0.3) is 0 Å². The lowest BCUT2D eigenvalue weighted by molar-refractivity contribution is 0.509. The molecule has 0 spiro atoms. The highest BCUT2D eigenvalue weighted by Gasteiger charge is 2.00. The van der Waals surface area contributed by atoms with Crippen LogP contribution in [0.15, 0.2) is 28.6 Å². The van der Waals surface area contributed by atoms with Crippen LogP contribution in [0, 0.1) is 0 Å². The van der Waals surface area contributed by atoms with Crippen molar-refractivity contribution in [2.24, 2.45) is 4.99 Å². The minimum Gasteiger partial charge on any atom is -0.448 e. The lowest BCUT2D eigenvalue weighted by Crippen LogP contribution is -1.86. The Morgan fingerprint density at radius 3 is 3.27 bits per heavy atom. The molecule has 1 rings (SSSR count). The number of aliphatic imine (C=N–C) groups is 1. The van der Waals surface area contributed by atoms with E-state index in [1.807, 2.05) is 6.92 Å². The molecule has 0 radical (unpaired) electrons. The van der Waals surface area contributed by atoms with E-state index in [0.717, 1.165) is 17.9 Å². The highest BCUT2D eigenvalue weighted by molar-refractivity contribution is 5.78. The van der Waals surface area contributed by atoms with E-state index < -0.39 is 0 Å². The van der Waals surface area contributed by atoms with Crippen molar-refractivity contribution in [1.82, 2.24) is 4.98 Å². The summed E-state index contributed by atoms with van der Waals surface area (Å²) in [7, 11) is 0. The van der Waals surface area contributed by atoms with E-state index in [1.54, 1.807) is 6.21 Å². The number of oxazole rings is 1. The lowest BCUT2D eigenvalue weighted by atomic mass is 10.3. The number of aromatic nitrogens is 1. The zero-order valence-electron chi connectivity index (χ0n) is 6.45. The third-order valence-corrected chi connectivity index (χ3v) is 1.30. The van der Waals surface area contributed by atoms with Crippen LogP contribution in [0.5, 0.6) is 0 Å². The van der Waals surface area contributed by atoms with Gasteiger partial charge in [-0.2, -0.15) is 0 Å². The van der Waals surface area contributed by atoms with Crippen molar-refractivity contribution in [3.8, 4) is 0 Å². The van der Waals surface area contributed by atoms with Gasteiger partial charge in [-0.1, -0.05) is 13.5 Å². The van der Waals surface area contributed by atoms with Crippen LogP contribution in [0.2, 0.25) is 0 Å². The van der Waals surface area contributed by atoms with Gasteiger partial charge in [0, 0.05) is 12.6 Å². The number of nitrogens with zero attached hydrogens (tertiary/aromatic N) is 2. The second kappa shape index (κ2) is 3.71. The maximum absolute atomic E-state index is 5.07. The average molecular weight is 150 g/mol. The molecule has 1 heterocycles. The summed E-state index contributed by atoms with van der Waals surface area (Å²) in [5.41, 5.74) is 0.785. The van der Waals surface area contributed by atoms with Gasteiger partial charge in [-0.25, -0.2) is 4.98 Å². The first-order valence-electron chi connectivity index (χ1n) is 3.45. The first-order valence-corrected chi connectivity index (χ1v) is 3.45. The fraction of sp³-hybridized carbons (Fsp3) is 0.250. The topological polar surface area (TPSA) is 38.4 Å². The first-order chi connectivity index (χ1) is 5.38. The molecule has 0 aromatic carbocycles. The average Bonchev–Trinajstić information content (AvgIpc) is 2.47. The van der Waals surface area contributed by atoms with Crippen LogP contribution < -0.4 is 0 Å². The maximum Gasteiger partial charge on any atom is 0.181 e. The van der Waals surface area contributed by atoms with E-state index >= 15 is 0 Å². The van der Waals surface area contributed by atoms with E-state index in [4.69, 9.17) is 4.42 Å². The summed E-state index contributed by atoms with van der Waals surface area (Å²) in [5, 5.41) is 0. The summed E-state index contributed by atoms with van der Waals surface area (Å²) in [6.45, 7) is 5.47. The largest absolute Gasteiger partial charge is 0.448 e. The molecule has 0 saturated heterocycles. The van der Waals surface area contributed by atoms with Gasteiger partial charge in [0.1, 0.15) is 11.5 Å². The van der Waals surface area contributed by atoms with Crippen LogP contribution >= 0.6 is 0 Å². The predicted molar refractivity (Wildman–Crippen MR) is 43.7 cm³/mol. The van der Waals surface area contributed by atoms with Crippen LogP contribution in [-0.4, -0.2) is 11.2 Å². The highest BCUT2D eigenvalue weighted by Crippen LogP contribution is 2.04. The van der Waals surface area contributed by atoms with Crippen LogP contribution in [0.4, 0.5) is 0 Å². The molecule has 0 atom stereocenters. The smallest absolute Gasteiger partial charge is 0.181 e. The van der Waals surface area contributed by atoms with E-state index in [1.165, 1.54) is 12.6 Å². The molecular formula is C8H10N2O. The van der Waals surface area contributed by atoms with Gasteiger partial charge in [-0.3, -0.25) is 4.99 Å². The summed E-state index contributed by atoms with van der Waals surface area (Å²) < 4.78 is 5.07. The van der Waals surface area contributed by atoms with Crippen molar-refractivity contribution in [2.75, 3.05) is 0 Å². The third kappa shape index (κ3) is 1.77. The van der Waals surface area contributed by atoms with Crippen LogP contribution in [0.3, 0.4) is 0 Å². The molecule has 1 aromatic heterocycles. The summed E-state index contributed by atoms with van der Waals surface area (Å²) in [5.74, 6) is 0.857. The maximum atomic E-state index is 5.07. The fourth-order valence-corrected chi connectivity index (χ4v) is 0.772. The number of hydrogen-bond donors (Lipinski definition) is 0. The third-order valence-electron chi connectivity index (χ3n) is 1.30. The quantitative estimate of drug-likeness (QED) is 0.616. The summed E-state index contributed by atoms with van der Waals surface area (Å²) in [6.07, 6.45) is 5.35. The van der Waals surface area contributed by atoms with E-state index in [9.17, 15) is 0 Å². The molecule has 0 amide bonds. The van der Waals surface area contributed by atoms with Crippen LogP contribution in [-0.2, 0) is 6.42 Å². The van der Waals surface area contributed by atoms with E-state index in [0.29, 0.717) is 0 Å². The standard InChI is InChI=1S/C8H10N2O/c1-3-8-7(5-9-4-2)10-6-11-8/h4-6H,2-3H2,1H3. The molecule has 58 valence electrons. The molecule has 0 fully saturated rings. The number of hydrogen-bond acceptors (Lipinski definition) is 3. The molecule has 0 aliphatic heterocycles. The Morgan fingerprint density at radius 1 is 1.82 bits per heavy atom.